The van der Waals surface area contributed by atoms with E-state index in [1.165, 1.54) is 37.4 Å². The summed E-state index contributed by atoms with van der Waals surface area (Å²) < 4.78 is 38.6. The second-order valence-electron chi connectivity index (χ2n) is 7.32. The lowest BCUT2D eigenvalue weighted by molar-refractivity contribution is -0.131. The second kappa shape index (κ2) is 12.2. The number of amides is 1. The number of halogens is 1. The predicted molar refractivity (Wildman–Crippen MR) is 137 cm³/mol. The normalized spacial score (nSPS) is 11.2. The van der Waals surface area contributed by atoms with Gasteiger partial charge in [-0.15, -0.1) is 0 Å². The highest BCUT2D eigenvalue weighted by Crippen LogP contribution is 2.32. The Bertz CT molecular complexity index is 1340. The van der Waals surface area contributed by atoms with E-state index < -0.39 is 28.4 Å². The molecule has 0 aromatic heterocycles. The SMILES string of the molecule is CCOc1ccccc1N(CC(=O)N/N=C\c1ccc(OC(C)=O)cc1)S(=O)(=O)c1ccc(Cl)cc1. The van der Waals surface area contributed by atoms with Crippen molar-refractivity contribution in [1.29, 1.82) is 0 Å². The maximum absolute atomic E-state index is 13.5. The lowest BCUT2D eigenvalue weighted by atomic mass is 10.2. The third-order valence-electron chi connectivity index (χ3n) is 4.67. The van der Waals surface area contributed by atoms with Crippen LogP contribution in [-0.4, -0.2) is 39.7 Å². The van der Waals surface area contributed by atoms with E-state index in [-0.39, 0.29) is 10.6 Å². The van der Waals surface area contributed by atoms with Gasteiger partial charge in [0.05, 0.1) is 23.4 Å². The summed E-state index contributed by atoms with van der Waals surface area (Å²) in [5.41, 5.74) is 3.17. The van der Waals surface area contributed by atoms with Gasteiger partial charge in [0.2, 0.25) is 0 Å². The van der Waals surface area contributed by atoms with Gasteiger partial charge in [0.1, 0.15) is 18.0 Å². The highest BCUT2D eigenvalue weighted by Gasteiger charge is 2.29. The zero-order valence-corrected chi connectivity index (χ0v) is 21.1. The van der Waals surface area contributed by atoms with Crippen LogP contribution in [0, 0.1) is 0 Å². The fourth-order valence-electron chi connectivity index (χ4n) is 3.11. The van der Waals surface area contributed by atoms with Crippen LogP contribution >= 0.6 is 11.6 Å². The Kier molecular flexibility index (Phi) is 9.04. The maximum Gasteiger partial charge on any atom is 0.308 e. The molecule has 0 saturated carbocycles. The number of carbonyl (C=O) groups excluding carboxylic acids is 2. The first-order valence-electron chi connectivity index (χ1n) is 10.8. The van der Waals surface area contributed by atoms with Crippen LogP contribution in [0.15, 0.2) is 82.8 Å². The molecule has 0 heterocycles. The van der Waals surface area contributed by atoms with Gasteiger partial charge in [-0.1, -0.05) is 23.7 Å². The molecule has 1 amide bonds. The number of esters is 1. The molecule has 0 spiro atoms. The first-order valence-corrected chi connectivity index (χ1v) is 12.6. The number of anilines is 1. The molecule has 0 saturated heterocycles. The molecule has 3 rings (SSSR count). The molecule has 9 nitrogen and oxygen atoms in total. The number of nitrogens with one attached hydrogen (secondary N) is 1. The molecule has 0 aliphatic heterocycles. The van der Waals surface area contributed by atoms with Gasteiger partial charge in [-0.2, -0.15) is 5.10 Å². The van der Waals surface area contributed by atoms with Crippen LogP contribution < -0.4 is 19.2 Å². The summed E-state index contributed by atoms with van der Waals surface area (Å²) >= 11 is 5.92. The van der Waals surface area contributed by atoms with Gasteiger partial charge < -0.3 is 9.47 Å². The van der Waals surface area contributed by atoms with Gasteiger partial charge in [0.15, 0.2) is 0 Å². The minimum atomic E-state index is -4.16. The second-order valence-corrected chi connectivity index (χ2v) is 9.62. The molecule has 3 aromatic rings. The van der Waals surface area contributed by atoms with Crippen molar-refractivity contribution in [2.75, 3.05) is 17.5 Å². The van der Waals surface area contributed by atoms with E-state index >= 15 is 0 Å². The molecule has 0 unspecified atom stereocenters. The summed E-state index contributed by atoms with van der Waals surface area (Å²) in [5, 5.41) is 4.28. The fourth-order valence-corrected chi connectivity index (χ4v) is 4.66. The number of nitrogens with zero attached hydrogens (tertiary/aromatic N) is 2. The summed E-state index contributed by atoms with van der Waals surface area (Å²) in [6.45, 7) is 2.82. The molecule has 1 N–H and O–H groups in total. The van der Waals surface area contributed by atoms with Crippen LogP contribution in [0.1, 0.15) is 19.4 Å². The van der Waals surface area contributed by atoms with Gasteiger partial charge in [0, 0.05) is 11.9 Å². The average Bonchev–Trinajstić information content (AvgIpc) is 2.84. The van der Waals surface area contributed by atoms with E-state index in [9.17, 15) is 18.0 Å². The highest BCUT2D eigenvalue weighted by atomic mass is 35.5. The topological polar surface area (TPSA) is 114 Å². The molecular weight excluding hydrogens is 506 g/mol. The van der Waals surface area contributed by atoms with E-state index in [0.717, 1.165) is 4.31 Å². The molecule has 36 heavy (non-hydrogen) atoms. The maximum atomic E-state index is 13.5. The summed E-state index contributed by atoms with van der Waals surface area (Å²) in [6, 6.07) is 18.6. The largest absolute Gasteiger partial charge is 0.492 e. The first-order chi connectivity index (χ1) is 17.2. The zero-order chi connectivity index (χ0) is 26.1. The molecule has 0 bridgehead atoms. The zero-order valence-electron chi connectivity index (χ0n) is 19.5. The van der Waals surface area contributed by atoms with E-state index in [2.05, 4.69) is 10.5 Å². The van der Waals surface area contributed by atoms with Gasteiger partial charge >= 0.3 is 5.97 Å². The summed E-state index contributed by atoms with van der Waals surface area (Å²) in [5.74, 6) is -0.430. The van der Waals surface area contributed by atoms with Crippen LogP contribution in [0.4, 0.5) is 5.69 Å². The Morgan fingerprint density at radius 1 is 1.03 bits per heavy atom. The van der Waals surface area contributed by atoms with Crippen LogP contribution in [0.3, 0.4) is 0 Å². The van der Waals surface area contributed by atoms with Crippen molar-refractivity contribution in [3.63, 3.8) is 0 Å². The number of benzene rings is 3. The highest BCUT2D eigenvalue weighted by molar-refractivity contribution is 7.92. The summed E-state index contributed by atoms with van der Waals surface area (Å²) in [7, 11) is -4.16. The number of hydrazone groups is 1. The Labute approximate surface area is 214 Å². The standard InChI is InChI=1S/C25H24ClN3O6S/c1-3-34-24-7-5-4-6-23(24)29(36(32,33)22-14-10-20(26)11-15-22)17-25(31)28-27-16-19-8-12-21(13-9-19)35-18(2)30/h4-16H,3,17H2,1-2H3,(H,28,31)/b27-16-. The number of ether oxygens (including phenoxy) is 2. The summed E-state index contributed by atoms with van der Waals surface area (Å²) in [6.07, 6.45) is 1.38. The monoisotopic (exact) mass is 529 g/mol. The van der Waals surface area contributed by atoms with Crippen LogP contribution in [0.5, 0.6) is 11.5 Å². The Morgan fingerprint density at radius 3 is 2.33 bits per heavy atom. The molecule has 0 fully saturated rings. The number of carbonyl (C=O) groups is 2. The number of hydrogen-bond donors (Lipinski definition) is 1. The smallest absolute Gasteiger partial charge is 0.308 e. The molecule has 0 aliphatic carbocycles. The van der Waals surface area contributed by atoms with Crippen molar-refractivity contribution < 1.29 is 27.5 Å². The van der Waals surface area contributed by atoms with Crippen molar-refractivity contribution in [2.24, 2.45) is 5.10 Å². The lowest BCUT2D eigenvalue weighted by Gasteiger charge is -2.25. The van der Waals surface area contributed by atoms with Crippen molar-refractivity contribution in [2.45, 2.75) is 18.7 Å². The van der Waals surface area contributed by atoms with E-state index in [0.29, 0.717) is 28.7 Å². The number of para-hydroxylation sites is 2. The van der Waals surface area contributed by atoms with Crippen LogP contribution in [-0.2, 0) is 19.6 Å². The van der Waals surface area contributed by atoms with E-state index in [4.69, 9.17) is 21.1 Å². The first kappa shape index (κ1) is 26.7. The third-order valence-corrected chi connectivity index (χ3v) is 6.69. The van der Waals surface area contributed by atoms with Crippen molar-refractivity contribution >= 4 is 45.4 Å². The van der Waals surface area contributed by atoms with Crippen LogP contribution in [0.25, 0.3) is 0 Å². The Hall–Kier alpha value is -3.89. The summed E-state index contributed by atoms with van der Waals surface area (Å²) in [4.78, 5) is 23.7. The average molecular weight is 530 g/mol. The number of hydrogen-bond acceptors (Lipinski definition) is 7. The molecule has 11 heteroatoms. The van der Waals surface area contributed by atoms with Crippen molar-refractivity contribution in [1.82, 2.24) is 5.43 Å². The van der Waals surface area contributed by atoms with Gasteiger partial charge in [-0.25, -0.2) is 13.8 Å². The molecule has 188 valence electrons. The quantitative estimate of drug-likeness (QED) is 0.184. The van der Waals surface area contributed by atoms with Gasteiger partial charge in [-0.3, -0.25) is 13.9 Å². The Morgan fingerprint density at radius 2 is 1.69 bits per heavy atom. The molecule has 0 atom stereocenters. The number of sulfonamides is 1. The van der Waals surface area contributed by atoms with E-state index in [1.807, 2.05) is 0 Å². The predicted octanol–water partition coefficient (Wildman–Crippen LogP) is 4.01. The van der Waals surface area contributed by atoms with Gasteiger partial charge in [0.25, 0.3) is 15.9 Å². The molecular formula is C25H24ClN3O6S. The van der Waals surface area contributed by atoms with E-state index in [1.54, 1.807) is 55.5 Å². The number of rotatable bonds is 10. The fraction of sp³-hybridized carbons (Fsp3) is 0.160. The van der Waals surface area contributed by atoms with Gasteiger partial charge in [-0.05, 0) is 73.2 Å². The molecule has 3 aromatic carbocycles. The minimum Gasteiger partial charge on any atom is -0.492 e. The van der Waals surface area contributed by atoms with Crippen LogP contribution in [0.2, 0.25) is 5.02 Å². The third kappa shape index (κ3) is 7.06. The Balaban J connectivity index is 1.83. The lowest BCUT2D eigenvalue weighted by Crippen LogP contribution is -2.39. The van der Waals surface area contributed by atoms with Crippen molar-refractivity contribution in [3.05, 3.63) is 83.4 Å². The van der Waals surface area contributed by atoms with Crippen molar-refractivity contribution in [3.8, 4) is 11.5 Å². The molecule has 0 radical (unpaired) electrons. The molecule has 0 aliphatic rings. The minimum absolute atomic E-state index is 0.0395.